The van der Waals surface area contributed by atoms with Crippen LogP contribution in [0, 0.1) is 0 Å². The van der Waals surface area contributed by atoms with Crippen LogP contribution in [0.3, 0.4) is 0 Å². The van der Waals surface area contributed by atoms with Gasteiger partial charge in [0.25, 0.3) is 0 Å². The first kappa shape index (κ1) is 16.5. The third-order valence-electron chi connectivity index (χ3n) is 4.09. The van der Waals surface area contributed by atoms with Crippen molar-refractivity contribution < 1.29 is 9.59 Å². The van der Waals surface area contributed by atoms with E-state index in [-0.39, 0.29) is 23.9 Å². The molecule has 1 aromatic carbocycles. The average molecular weight is 303 g/mol. The van der Waals surface area contributed by atoms with Crippen LogP contribution in [0.15, 0.2) is 30.3 Å². The van der Waals surface area contributed by atoms with Gasteiger partial charge in [-0.25, -0.2) is 0 Å². The van der Waals surface area contributed by atoms with Crippen molar-refractivity contribution in [1.29, 1.82) is 0 Å². The molecule has 5 heteroatoms. The third kappa shape index (κ3) is 4.84. The number of nitrogens with zero attached hydrogens (tertiary/aromatic N) is 1. The lowest BCUT2D eigenvalue weighted by atomic mass is 10.1. The van der Waals surface area contributed by atoms with E-state index in [9.17, 15) is 9.59 Å². The number of benzene rings is 1. The molecule has 5 nitrogen and oxygen atoms in total. The predicted octanol–water partition coefficient (Wildman–Crippen LogP) is 0.944. The highest BCUT2D eigenvalue weighted by Crippen LogP contribution is 2.06. The number of carbonyl (C=O) groups excluding carboxylic acids is 2. The van der Waals surface area contributed by atoms with E-state index in [1.54, 1.807) is 0 Å². The summed E-state index contributed by atoms with van der Waals surface area (Å²) in [4.78, 5) is 25.6. The van der Waals surface area contributed by atoms with Gasteiger partial charge in [-0.15, -0.1) is 0 Å². The quantitative estimate of drug-likeness (QED) is 0.822. The van der Waals surface area contributed by atoms with Crippen LogP contribution in [-0.2, 0) is 16.0 Å². The fraction of sp³-hybridized carbons (Fsp3) is 0.529. The molecule has 0 aliphatic carbocycles. The van der Waals surface area contributed by atoms with Gasteiger partial charge in [-0.2, -0.15) is 0 Å². The van der Waals surface area contributed by atoms with E-state index in [1.807, 2.05) is 36.9 Å². The van der Waals surface area contributed by atoms with Crippen LogP contribution in [0.1, 0.15) is 25.8 Å². The van der Waals surface area contributed by atoms with Crippen LogP contribution in [-0.4, -0.2) is 48.4 Å². The number of amides is 2. The lowest BCUT2D eigenvalue weighted by Crippen LogP contribution is -2.55. The Labute approximate surface area is 132 Å². The fourth-order valence-corrected chi connectivity index (χ4v) is 2.62. The van der Waals surface area contributed by atoms with Crippen LogP contribution >= 0.6 is 0 Å². The Morgan fingerprint density at radius 3 is 2.73 bits per heavy atom. The van der Waals surface area contributed by atoms with Gasteiger partial charge in [0.2, 0.25) is 11.8 Å². The summed E-state index contributed by atoms with van der Waals surface area (Å²) in [5.74, 6) is -0.0155. The van der Waals surface area contributed by atoms with Gasteiger partial charge in [0, 0.05) is 19.1 Å². The highest BCUT2D eigenvalue weighted by Gasteiger charge is 2.26. The number of nitrogens with one attached hydrogen (secondary N) is 2. The second-order valence-electron chi connectivity index (χ2n) is 5.93. The molecule has 0 bridgehead atoms. The highest BCUT2D eigenvalue weighted by atomic mass is 16.2. The van der Waals surface area contributed by atoms with Crippen LogP contribution in [0.25, 0.3) is 0 Å². The van der Waals surface area contributed by atoms with Gasteiger partial charge < -0.3 is 10.6 Å². The third-order valence-corrected chi connectivity index (χ3v) is 4.09. The highest BCUT2D eigenvalue weighted by molar-refractivity contribution is 5.84. The summed E-state index contributed by atoms with van der Waals surface area (Å²) >= 11 is 0. The normalized spacial score (nSPS) is 18.4. The molecule has 0 aromatic heterocycles. The fourth-order valence-electron chi connectivity index (χ4n) is 2.62. The molecule has 2 N–H and O–H groups in total. The number of rotatable bonds is 6. The zero-order valence-corrected chi connectivity index (χ0v) is 13.3. The Morgan fingerprint density at radius 1 is 1.32 bits per heavy atom. The van der Waals surface area contributed by atoms with Gasteiger partial charge in [-0.05, 0) is 32.3 Å². The molecule has 0 spiro atoms. The average Bonchev–Trinajstić information content (AvgIpc) is 2.53. The summed E-state index contributed by atoms with van der Waals surface area (Å²) in [7, 11) is 0. The summed E-state index contributed by atoms with van der Waals surface area (Å²) in [6, 6.07) is 10.1. The summed E-state index contributed by atoms with van der Waals surface area (Å²) in [6.45, 7) is 5.51. The van der Waals surface area contributed by atoms with Crippen LogP contribution in [0.2, 0.25) is 0 Å². The van der Waals surface area contributed by atoms with E-state index in [2.05, 4.69) is 22.8 Å². The molecule has 120 valence electrons. The van der Waals surface area contributed by atoms with Crippen LogP contribution < -0.4 is 10.6 Å². The van der Waals surface area contributed by atoms with Gasteiger partial charge in [0.15, 0.2) is 0 Å². The SMILES string of the molecule is C[C@H](C(=O)N[C@@H](C)CCc1ccccc1)N1CCNC(=O)C1. The molecule has 1 aliphatic heterocycles. The summed E-state index contributed by atoms with van der Waals surface area (Å²) in [5, 5.41) is 5.82. The molecule has 2 rings (SSSR count). The maximum atomic E-state index is 12.3. The molecule has 1 saturated heterocycles. The van der Waals surface area contributed by atoms with Crippen LogP contribution in [0.4, 0.5) is 0 Å². The number of hydrogen-bond acceptors (Lipinski definition) is 3. The second-order valence-corrected chi connectivity index (χ2v) is 5.93. The number of piperazine rings is 1. The zero-order chi connectivity index (χ0) is 15.9. The summed E-state index contributed by atoms with van der Waals surface area (Å²) in [5.41, 5.74) is 1.28. The van der Waals surface area contributed by atoms with Crippen molar-refractivity contribution in [1.82, 2.24) is 15.5 Å². The van der Waals surface area contributed by atoms with Gasteiger partial charge in [0.05, 0.1) is 12.6 Å². The first-order valence-corrected chi connectivity index (χ1v) is 7.91. The van der Waals surface area contributed by atoms with Crippen molar-refractivity contribution in [3.05, 3.63) is 35.9 Å². The van der Waals surface area contributed by atoms with E-state index >= 15 is 0 Å². The number of hydrogen-bond donors (Lipinski definition) is 2. The van der Waals surface area contributed by atoms with E-state index in [0.29, 0.717) is 13.1 Å². The number of carbonyl (C=O) groups is 2. The largest absolute Gasteiger partial charge is 0.354 e. The molecule has 1 fully saturated rings. The smallest absolute Gasteiger partial charge is 0.237 e. The predicted molar refractivity (Wildman–Crippen MR) is 86.4 cm³/mol. The molecule has 1 aliphatic rings. The second kappa shape index (κ2) is 7.94. The minimum absolute atomic E-state index is 0.00439. The monoisotopic (exact) mass is 303 g/mol. The first-order valence-electron chi connectivity index (χ1n) is 7.91. The van der Waals surface area contributed by atoms with Crippen LogP contribution in [0.5, 0.6) is 0 Å². The van der Waals surface area contributed by atoms with Crippen molar-refractivity contribution in [3.8, 4) is 0 Å². The maximum Gasteiger partial charge on any atom is 0.237 e. The van der Waals surface area contributed by atoms with Gasteiger partial charge in [-0.1, -0.05) is 30.3 Å². The minimum atomic E-state index is -0.273. The van der Waals surface area contributed by atoms with E-state index in [0.717, 1.165) is 19.4 Å². The zero-order valence-electron chi connectivity index (χ0n) is 13.3. The standard InChI is InChI=1S/C17H25N3O2/c1-13(8-9-15-6-4-3-5-7-15)19-17(22)14(2)20-11-10-18-16(21)12-20/h3-7,13-14H,8-12H2,1-2H3,(H,18,21)(H,19,22)/t13-,14+/m0/s1. The van der Waals surface area contributed by atoms with Crippen molar-refractivity contribution in [3.63, 3.8) is 0 Å². The van der Waals surface area contributed by atoms with Gasteiger partial charge in [-0.3, -0.25) is 14.5 Å². The Balaban J connectivity index is 1.76. The first-order chi connectivity index (χ1) is 10.6. The van der Waals surface area contributed by atoms with Crippen molar-refractivity contribution >= 4 is 11.8 Å². The molecule has 0 radical (unpaired) electrons. The lowest BCUT2D eigenvalue weighted by Gasteiger charge is -2.31. The van der Waals surface area contributed by atoms with Crippen molar-refractivity contribution in [2.45, 2.75) is 38.8 Å². The summed E-state index contributed by atoms with van der Waals surface area (Å²) in [6.07, 6.45) is 1.85. The summed E-state index contributed by atoms with van der Waals surface area (Å²) < 4.78 is 0. The van der Waals surface area contributed by atoms with Crippen molar-refractivity contribution in [2.24, 2.45) is 0 Å². The molecule has 0 unspecified atom stereocenters. The molecule has 1 heterocycles. The number of aryl methyl sites for hydroxylation is 1. The van der Waals surface area contributed by atoms with E-state index in [1.165, 1.54) is 5.56 Å². The maximum absolute atomic E-state index is 12.3. The molecule has 22 heavy (non-hydrogen) atoms. The van der Waals surface area contributed by atoms with E-state index < -0.39 is 0 Å². The Hall–Kier alpha value is -1.88. The molecule has 2 amide bonds. The van der Waals surface area contributed by atoms with Gasteiger partial charge >= 0.3 is 0 Å². The van der Waals surface area contributed by atoms with Crippen molar-refractivity contribution in [2.75, 3.05) is 19.6 Å². The molecular formula is C17H25N3O2. The Morgan fingerprint density at radius 2 is 2.05 bits per heavy atom. The molecule has 2 atom stereocenters. The minimum Gasteiger partial charge on any atom is -0.354 e. The topological polar surface area (TPSA) is 61.4 Å². The van der Waals surface area contributed by atoms with E-state index in [4.69, 9.17) is 0 Å². The Kier molecular flexibility index (Phi) is 5.95. The van der Waals surface area contributed by atoms with Gasteiger partial charge in [0.1, 0.15) is 0 Å². The lowest BCUT2D eigenvalue weighted by molar-refractivity contribution is -0.130. The molecular weight excluding hydrogens is 278 g/mol. The molecule has 1 aromatic rings. The Bertz CT molecular complexity index is 504. The molecule has 0 saturated carbocycles.